The third-order valence-corrected chi connectivity index (χ3v) is 5.60. The molecule has 0 unspecified atom stereocenters. The summed E-state index contributed by atoms with van der Waals surface area (Å²) in [5, 5.41) is 4.78. The molecule has 9 heteroatoms. The summed E-state index contributed by atoms with van der Waals surface area (Å²) < 4.78 is 11.5. The molecule has 2 aromatic rings. The largest absolute Gasteiger partial charge is 0.485 e. The maximum Gasteiger partial charge on any atom is 0.321 e. The molecule has 1 fully saturated rings. The van der Waals surface area contributed by atoms with Gasteiger partial charge < -0.3 is 19.7 Å². The van der Waals surface area contributed by atoms with E-state index in [0.29, 0.717) is 37.7 Å². The van der Waals surface area contributed by atoms with E-state index in [-0.39, 0.29) is 12.5 Å². The Kier molecular flexibility index (Phi) is 6.55. The van der Waals surface area contributed by atoms with Crippen molar-refractivity contribution in [1.82, 2.24) is 20.4 Å². The monoisotopic (exact) mass is 438 g/mol. The molecule has 168 valence electrons. The minimum Gasteiger partial charge on any atom is -0.485 e. The normalized spacial score (nSPS) is 19.0. The Labute approximate surface area is 186 Å². The number of nitrogens with one attached hydrogen (secondary N) is 2. The van der Waals surface area contributed by atoms with Crippen LogP contribution in [-0.4, -0.2) is 73.6 Å². The molecule has 2 heterocycles. The fourth-order valence-corrected chi connectivity index (χ4v) is 3.95. The van der Waals surface area contributed by atoms with Gasteiger partial charge in [0.1, 0.15) is 12.6 Å². The second kappa shape index (κ2) is 9.69. The van der Waals surface area contributed by atoms with Gasteiger partial charge in [-0.15, -0.1) is 0 Å². The van der Waals surface area contributed by atoms with Crippen molar-refractivity contribution < 1.29 is 23.9 Å². The topological polar surface area (TPSA) is 100 Å². The number of carbonyl (C=O) groups excluding carboxylic acids is 3. The first-order valence-electron chi connectivity index (χ1n) is 10.6. The first-order chi connectivity index (χ1) is 15.6. The molecule has 0 bridgehead atoms. The van der Waals surface area contributed by atoms with Gasteiger partial charge in [0.15, 0.2) is 11.5 Å². The Balaban J connectivity index is 1.41. The highest BCUT2D eigenvalue weighted by Crippen LogP contribution is 2.31. The SMILES string of the molecule is CNC(=O)NC(=O)[C@H](c1ccccc1)N1CCN(C(=O)[C@@H]2COc3ccccc3O2)CC1. The van der Waals surface area contributed by atoms with E-state index in [9.17, 15) is 14.4 Å². The van der Waals surface area contributed by atoms with Gasteiger partial charge >= 0.3 is 6.03 Å². The van der Waals surface area contributed by atoms with Crippen LogP contribution in [0.15, 0.2) is 54.6 Å². The van der Waals surface area contributed by atoms with Gasteiger partial charge in [-0.3, -0.25) is 19.8 Å². The van der Waals surface area contributed by atoms with E-state index in [0.717, 1.165) is 5.56 Å². The molecule has 2 aliphatic rings. The van der Waals surface area contributed by atoms with Crippen LogP contribution in [0.3, 0.4) is 0 Å². The van der Waals surface area contributed by atoms with E-state index in [1.807, 2.05) is 53.4 Å². The van der Waals surface area contributed by atoms with E-state index in [1.54, 1.807) is 11.0 Å². The van der Waals surface area contributed by atoms with Gasteiger partial charge in [-0.25, -0.2) is 4.79 Å². The number of benzene rings is 2. The number of ether oxygens (including phenoxy) is 2. The molecule has 4 rings (SSSR count). The average molecular weight is 438 g/mol. The molecular formula is C23H26N4O5. The number of rotatable bonds is 4. The lowest BCUT2D eigenvalue weighted by Crippen LogP contribution is -2.56. The Morgan fingerprint density at radius 1 is 0.938 bits per heavy atom. The summed E-state index contributed by atoms with van der Waals surface area (Å²) in [6.45, 7) is 2.01. The minimum absolute atomic E-state index is 0.134. The van der Waals surface area contributed by atoms with E-state index in [4.69, 9.17) is 9.47 Å². The summed E-state index contributed by atoms with van der Waals surface area (Å²) in [6.07, 6.45) is -0.696. The third-order valence-electron chi connectivity index (χ3n) is 5.60. The number of urea groups is 1. The predicted molar refractivity (Wildman–Crippen MR) is 116 cm³/mol. The van der Waals surface area contributed by atoms with E-state index in [1.165, 1.54) is 7.05 Å². The van der Waals surface area contributed by atoms with Crippen molar-refractivity contribution in [3.05, 3.63) is 60.2 Å². The smallest absolute Gasteiger partial charge is 0.321 e. The highest BCUT2D eigenvalue weighted by molar-refractivity contribution is 5.97. The maximum absolute atomic E-state index is 13.0. The van der Waals surface area contributed by atoms with Crippen molar-refractivity contribution in [1.29, 1.82) is 0 Å². The van der Waals surface area contributed by atoms with Gasteiger partial charge in [0.2, 0.25) is 12.0 Å². The molecule has 2 aliphatic heterocycles. The highest BCUT2D eigenvalue weighted by atomic mass is 16.6. The fraction of sp³-hybridized carbons (Fsp3) is 0.348. The Morgan fingerprint density at radius 2 is 1.59 bits per heavy atom. The van der Waals surface area contributed by atoms with Crippen molar-refractivity contribution in [2.75, 3.05) is 39.8 Å². The van der Waals surface area contributed by atoms with Crippen molar-refractivity contribution in [3.63, 3.8) is 0 Å². The number of fused-ring (bicyclic) bond motifs is 1. The predicted octanol–water partition coefficient (Wildman–Crippen LogP) is 1.17. The lowest BCUT2D eigenvalue weighted by atomic mass is 10.0. The first kappa shape index (κ1) is 21.6. The van der Waals surface area contributed by atoms with Gasteiger partial charge in [-0.1, -0.05) is 42.5 Å². The van der Waals surface area contributed by atoms with Crippen LogP contribution in [0.1, 0.15) is 11.6 Å². The molecule has 32 heavy (non-hydrogen) atoms. The number of hydrogen-bond donors (Lipinski definition) is 2. The van der Waals surface area contributed by atoms with Crippen LogP contribution in [0.2, 0.25) is 0 Å². The zero-order chi connectivity index (χ0) is 22.5. The molecule has 9 nitrogen and oxygen atoms in total. The molecule has 2 aromatic carbocycles. The van der Waals surface area contributed by atoms with Crippen molar-refractivity contribution >= 4 is 17.8 Å². The van der Waals surface area contributed by atoms with E-state index in [2.05, 4.69) is 10.6 Å². The molecule has 0 radical (unpaired) electrons. The summed E-state index contributed by atoms with van der Waals surface area (Å²) >= 11 is 0. The molecule has 0 aliphatic carbocycles. The van der Waals surface area contributed by atoms with Crippen LogP contribution < -0.4 is 20.1 Å². The molecule has 1 saturated heterocycles. The molecule has 0 spiro atoms. The van der Waals surface area contributed by atoms with Gasteiger partial charge in [-0.2, -0.15) is 0 Å². The summed E-state index contributed by atoms with van der Waals surface area (Å²) in [4.78, 5) is 41.3. The number of nitrogens with zero attached hydrogens (tertiary/aromatic N) is 2. The maximum atomic E-state index is 13.0. The van der Waals surface area contributed by atoms with E-state index < -0.39 is 24.1 Å². The van der Waals surface area contributed by atoms with Crippen molar-refractivity contribution in [3.8, 4) is 11.5 Å². The average Bonchev–Trinajstić information content (AvgIpc) is 2.84. The Hall–Kier alpha value is -3.59. The summed E-state index contributed by atoms with van der Waals surface area (Å²) in [7, 11) is 1.46. The summed E-state index contributed by atoms with van der Waals surface area (Å²) in [6, 6.07) is 15.4. The molecule has 0 aromatic heterocycles. The van der Waals surface area contributed by atoms with Crippen LogP contribution >= 0.6 is 0 Å². The van der Waals surface area contributed by atoms with Crippen LogP contribution in [0, 0.1) is 0 Å². The first-order valence-corrected chi connectivity index (χ1v) is 10.6. The van der Waals surface area contributed by atoms with Gasteiger partial charge in [0, 0.05) is 33.2 Å². The second-order valence-electron chi connectivity index (χ2n) is 7.61. The van der Waals surface area contributed by atoms with Gasteiger partial charge in [0.25, 0.3) is 5.91 Å². The van der Waals surface area contributed by atoms with Crippen molar-refractivity contribution in [2.24, 2.45) is 0 Å². The molecule has 2 N–H and O–H groups in total. The number of piperazine rings is 1. The van der Waals surface area contributed by atoms with Gasteiger partial charge in [0.05, 0.1) is 0 Å². The minimum atomic E-state index is -0.696. The lowest BCUT2D eigenvalue weighted by Gasteiger charge is -2.40. The number of amides is 4. The molecular weight excluding hydrogens is 412 g/mol. The number of para-hydroxylation sites is 2. The molecule has 4 amide bonds. The van der Waals surface area contributed by atoms with Gasteiger partial charge in [-0.05, 0) is 17.7 Å². The Bertz CT molecular complexity index is 975. The van der Waals surface area contributed by atoms with Crippen LogP contribution in [0.4, 0.5) is 4.79 Å². The van der Waals surface area contributed by atoms with E-state index >= 15 is 0 Å². The van der Waals surface area contributed by atoms with Crippen LogP contribution in [0.5, 0.6) is 11.5 Å². The summed E-state index contributed by atoms with van der Waals surface area (Å²) in [5.41, 5.74) is 0.786. The quantitative estimate of drug-likeness (QED) is 0.743. The zero-order valence-corrected chi connectivity index (χ0v) is 17.8. The highest BCUT2D eigenvalue weighted by Gasteiger charge is 2.36. The standard InChI is InChI=1S/C23H26N4O5/c1-24-23(30)25-21(28)20(16-7-3-2-4-8-16)26-11-13-27(14-12-26)22(29)19-15-31-17-9-5-6-10-18(17)32-19/h2-10,19-20H,11-15H2,1H3,(H2,24,25,28,30)/t19-,20-/m0/s1. The number of imide groups is 1. The van der Waals surface area contributed by atoms with Crippen LogP contribution in [0.25, 0.3) is 0 Å². The zero-order valence-electron chi connectivity index (χ0n) is 17.8. The summed E-state index contributed by atoms with van der Waals surface area (Å²) in [5.74, 6) is 0.654. The third kappa shape index (κ3) is 4.67. The second-order valence-corrected chi connectivity index (χ2v) is 7.61. The number of hydrogen-bond acceptors (Lipinski definition) is 6. The molecule has 0 saturated carbocycles. The number of carbonyl (C=O) groups is 3. The molecule has 2 atom stereocenters. The lowest BCUT2D eigenvalue weighted by molar-refractivity contribution is -0.143. The van der Waals surface area contributed by atoms with Crippen LogP contribution in [-0.2, 0) is 9.59 Å². The van der Waals surface area contributed by atoms with Crippen molar-refractivity contribution in [2.45, 2.75) is 12.1 Å². The fourth-order valence-electron chi connectivity index (χ4n) is 3.95. The Morgan fingerprint density at radius 3 is 2.28 bits per heavy atom.